The third kappa shape index (κ3) is 4.07. The third-order valence-electron chi connectivity index (χ3n) is 6.35. The first-order valence-corrected chi connectivity index (χ1v) is 11.7. The van der Waals surface area contributed by atoms with E-state index in [1.54, 1.807) is 0 Å². The topological polar surface area (TPSA) is 44.2 Å². The third-order valence-corrected chi connectivity index (χ3v) is 6.35. The van der Waals surface area contributed by atoms with E-state index in [4.69, 9.17) is 19.3 Å². The molecule has 0 saturated carbocycles. The fraction of sp³-hybridized carbons (Fsp3) is 0.241. The van der Waals surface area contributed by atoms with Crippen molar-refractivity contribution in [2.75, 3.05) is 0 Å². The van der Waals surface area contributed by atoms with Crippen LogP contribution < -0.4 is 14.8 Å². The highest BCUT2D eigenvalue weighted by molar-refractivity contribution is 6.65. The van der Waals surface area contributed by atoms with E-state index in [0.717, 1.165) is 28.1 Å². The molecule has 0 unspecified atom stereocenters. The van der Waals surface area contributed by atoms with Crippen LogP contribution in [0.25, 0.3) is 22.5 Å². The first-order chi connectivity index (χ1) is 16.2. The Morgan fingerprint density at radius 1 is 0.765 bits per heavy atom. The summed E-state index contributed by atoms with van der Waals surface area (Å²) in [5.41, 5.74) is 8.98. The number of aromatic nitrogens is 2. The van der Waals surface area contributed by atoms with Crippen LogP contribution in [-0.4, -0.2) is 17.1 Å². The van der Waals surface area contributed by atoms with Gasteiger partial charge < -0.3 is 9.31 Å². The smallest absolute Gasteiger partial charge is 0.519 e. The average Bonchev–Trinajstić information content (AvgIpc) is 3.22. The number of nitrogens with zero attached hydrogens (tertiary/aromatic N) is 2. The summed E-state index contributed by atoms with van der Waals surface area (Å²) in [6, 6.07) is 18.5. The molecule has 2 heterocycles. The number of fused-ring (bicyclic) bond motifs is 1. The second-order valence-corrected chi connectivity index (χ2v) is 10.1. The summed E-state index contributed by atoms with van der Waals surface area (Å²) in [6.07, 6.45) is 3.84. The van der Waals surface area contributed by atoms with Gasteiger partial charge in [0.05, 0.1) is 0 Å². The molecule has 0 aliphatic carbocycles. The Morgan fingerprint density at radius 2 is 1.35 bits per heavy atom. The van der Waals surface area contributed by atoms with Crippen molar-refractivity contribution < 1.29 is 9.31 Å². The molecule has 0 radical (unpaired) electrons. The molecule has 0 bridgehead atoms. The minimum Gasteiger partial charge on any atom is -0.519 e. The van der Waals surface area contributed by atoms with Crippen molar-refractivity contribution in [3.8, 4) is 34.0 Å². The van der Waals surface area contributed by atoms with Gasteiger partial charge in [0.1, 0.15) is 11.5 Å². The van der Waals surface area contributed by atoms with Crippen LogP contribution in [0.4, 0.5) is 0 Å². The van der Waals surface area contributed by atoms with Gasteiger partial charge in [0, 0.05) is 29.0 Å². The van der Waals surface area contributed by atoms with Crippen molar-refractivity contribution >= 4 is 12.6 Å². The van der Waals surface area contributed by atoms with Crippen LogP contribution in [-0.2, 0) is 5.41 Å². The van der Waals surface area contributed by atoms with E-state index in [1.807, 2.05) is 36.7 Å². The Labute approximate surface area is 202 Å². The quantitative estimate of drug-likeness (QED) is 0.350. The molecule has 1 aliphatic heterocycles. The lowest BCUT2D eigenvalue weighted by Crippen LogP contribution is -2.40. The van der Waals surface area contributed by atoms with Crippen molar-refractivity contribution in [2.45, 2.75) is 47.0 Å². The minimum atomic E-state index is -0.536. The van der Waals surface area contributed by atoms with Gasteiger partial charge in [-0.25, -0.2) is 9.97 Å². The van der Waals surface area contributed by atoms with E-state index >= 15 is 0 Å². The summed E-state index contributed by atoms with van der Waals surface area (Å²) in [7, 11) is -0.536. The molecule has 0 spiro atoms. The van der Waals surface area contributed by atoms with Crippen LogP contribution in [0, 0.1) is 20.8 Å². The molecule has 5 rings (SSSR count). The molecular formula is C29H29BN2O2. The molecule has 0 atom stereocenters. The number of aryl methyl sites for hydroxylation is 3. The molecule has 0 saturated heterocycles. The van der Waals surface area contributed by atoms with E-state index in [0.29, 0.717) is 5.82 Å². The Hall–Kier alpha value is -3.60. The second kappa shape index (κ2) is 8.32. The fourth-order valence-corrected chi connectivity index (χ4v) is 4.68. The SMILES string of the molecule is Cc1cc(C)c(-c2cnc(-c3cc(C(C)(C)C)ccc3B3Oc4ccccc4O3)nc2)c(C)c1. The maximum atomic E-state index is 6.14. The Kier molecular flexibility index (Phi) is 5.43. The molecule has 170 valence electrons. The van der Waals surface area contributed by atoms with E-state index in [-0.39, 0.29) is 5.41 Å². The van der Waals surface area contributed by atoms with Gasteiger partial charge in [0.15, 0.2) is 5.82 Å². The zero-order valence-corrected chi connectivity index (χ0v) is 20.6. The first-order valence-electron chi connectivity index (χ1n) is 11.7. The predicted molar refractivity (Wildman–Crippen MR) is 139 cm³/mol. The first kappa shape index (κ1) is 22.2. The van der Waals surface area contributed by atoms with Crippen molar-refractivity contribution in [3.05, 3.63) is 89.2 Å². The van der Waals surface area contributed by atoms with E-state index < -0.39 is 7.12 Å². The maximum absolute atomic E-state index is 6.14. The van der Waals surface area contributed by atoms with Crippen LogP contribution >= 0.6 is 0 Å². The maximum Gasteiger partial charge on any atom is 0.633 e. The number of hydrogen-bond acceptors (Lipinski definition) is 4. The van der Waals surface area contributed by atoms with Crippen molar-refractivity contribution in [3.63, 3.8) is 0 Å². The minimum absolute atomic E-state index is 0.0102. The largest absolute Gasteiger partial charge is 0.633 e. The Bertz CT molecular complexity index is 1330. The molecule has 3 aromatic carbocycles. The fourth-order valence-electron chi connectivity index (χ4n) is 4.68. The van der Waals surface area contributed by atoms with Crippen LogP contribution in [0.15, 0.2) is 67.0 Å². The molecule has 4 aromatic rings. The molecule has 4 nitrogen and oxygen atoms in total. The number of para-hydroxylation sites is 2. The molecule has 1 aliphatic rings. The van der Waals surface area contributed by atoms with E-state index in [1.165, 1.54) is 27.8 Å². The molecule has 1 aromatic heterocycles. The predicted octanol–water partition coefficient (Wildman–Crippen LogP) is 6.20. The highest BCUT2D eigenvalue weighted by Gasteiger charge is 2.37. The van der Waals surface area contributed by atoms with Crippen molar-refractivity contribution in [1.82, 2.24) is 9.97 Å². The average molecular weight is 448 g/mol. The highest BCUT2D eigenvalue weighted by Crippen LogP contribution is 2.34. The van der Waals surface area contributed by atoms with Crippen molar-refractivity contribution in [1.29, 1.82) is 0 Å². The van der Waals surface area contributed by atoms with Gasteiger partial charge in [-0.1, -0.05) is 62.7 Å². The normalized spacial score (nSPS) is 12.8. The highest BCUT2D eigenvalue weighted by atomic mass is 16.6. The summed E-state index contributed by atoms with van der Waals surface area (Å²) in [6.45, 7) is 13.0. The van der Waals surface area contributed by atoms with Crippen LogP contribution in [0.5, 0.6) is 11.5 Å². The zero-order chi connectivity index (χ0) is 24.0. The molecule has 0 amide bonds. The summed E-state index contributed by atoms with van der Waals surface area (Å²) in [5, 5.41) is 0. The van der Waals surface area contributed by atoms with Crippen LogP contribution in [0.3, 0.4) is 0 Å². The van der Waals surface area contributed by atoms with Crippen LogP contribution in [0.2, 0.25) is 0 Å². The van der Waals surface area contributed by atoms with Gasteiger partial charge in [0.2, 0.25) is 0 Å². The standard InChI is InChI=1S/C29H29BN2O2/c1-18-13-19(2)27(20(3)14-18)21-16-31-28(32-17-21)23-15-22(29(4,5)6)11-12-24(23)30-33-25-9-7-8-10-26(25)34-30/h7-17H,1-6H3. The van der Waals surface area contributed by atoms with Crippen LogP contribution in [0.1, 0.15) is 43.0 Å². The number of rotatable bonds is 3. The van der Waals surface area contributed by atoms with Gasteiger partial charge in [-0.15, -0.1) is 0 Å². The molecule has 0 fully saturated rings. The van der Waals surface area contributed by atoms with Gasteiger partial charge in [0.25, 0.3) is 0 Å². The Morgan fingerprint density at radius 3 is 1.91 bits per heavy atom. The second-order valence-electron chi connectivity index (χ2n) is 10.1. The van der Waals surface area contributed by atoms with E-state index in [9.17, 15) is 0 Å². The zero-order valence-electron chi connectivity index (χ0n) is 20.6. The van der Waals surface area contributed by atoms with Crippen molar-refractivity contribution in [2.24, 2.45) is 0 Å². The lowest BCUT2D eigenvalue weighted by atomic mass is 9.73. The van der Waals surface area contributed by atoms with Gasteiger partial charge in [-0.2, -0.15) is 0 Å². The summed E-state index contributed by atoms with van der Waals surface area (Å²) in [5.74, 6) is 2.16. The molecular weight excluding hydrogens is 419 g/mol. The van der Waals surface area contributed by atoms with E-state index in [2.05, 4.69) is 71.9 Å². The van der Waals surface area contributed by atoms with Gasteiger partial charge in [-0.05, 0) is 66.6 Å². The lowest BCUT2D eigenvalue weighted by Gasteiger charge is -2.21. The summed E-state index contributed by atoms with van der Waals surface area (Å²) >= 11 is 0. The molecule has 34 heavy (non-hydrogen) atoms. The Balaban J connectivity index is 1.57. The van der Waals surface area contributed by atoms with Gasteiger partial charge >= 0.3 is 7.12 Å². The number of hydrogen-bond donors (Lipinski definition) is 0. The number of benzene rings is 3. The molecule has 5 heteroatoms. The summed E-state index contributed by atoms with van der Waals surface area (Å²) in [4.78, 5) is 9.62. The monoisotopic (exact) mass is 448 g/mol. The molecule has 0 N–H and O–H groups in total. The van der Waals surface area contributed by atoms with Gasteiger partial charge in [-0.3, -0.25) is 0 Å². The lowest BCUT2D eigenvalue weighted by molar-refractivity contribution is 0.518. The summed E-state index contributed by atoms with van der Waals surface area (Å²) < 4.78 is 12.3.